The van der Waals surface area contributed by atoms with Crippen LogP contribution >= 0.6 is 0 Å². The number of rotatable bonds is 1. The second kappa shape index (κ2) is 1.08. The molecule has 2 aliphatic rings. The second-order valence-corrected chi connectivity index (χ2v) is 2.97. The highest BCUT2D eigenvalue weighted by Gasteiger charge is 2.58. The zero-order valence-electron chi connectivity index (χ0n) is 4.95. The van der Waals surface area contributed by atoms with Gasteiger partial charge in [-0.2, -0.15) is 0 Å². The molecule has 8 heavy (non-hydrogen) atoms. The van der Waals surface area contributed by atoms with E-state index in [1.165, 1.54) is 0 Å². The van der Waals surface area contributed by atoms with Crippen molar-refractivity contribution in [3.63, 3.8) is 0 Å². The molecule has 0 spiro atoms. The van der Waals surface area contributed by atoms with Gasteiger partial charge in [0.25, 0.3) is 0 Å². The van der Waals surface area contributed by atoms with Crippen LogP contribution in [0.15, 0.2) is 0 Å². The van der Waals surface area contributed by atoms with Gasteiger partial charge in [0, 0.05) is 6.04 Å². The Labute approximate surface area is 48.3 Å². The molecule has 0 amide bonds. The molecule has 1 saturated heterocycles. The van der Waals surface area contributed by atoms with Crippen LogP contribution in [0.25, 0.3) is 0 Å². The number of halogens is 1. The standard InChI is InChI=1S/C6H10FN/c1-4-5(8-4)6(7)2-3-6/h4-5,8H,2-3H2,1H3. The predicted octanol–water partition coefficient (Wildman–Crippen LogP) is 0.849. The molecule has 2 fully saturated rings. The first-order chi connectivity index (χ1) is 3.72. The summed E-state index contributed by atoms with van der Waals surface area (Å²) in [5, 5.41) is 3.06. The number of hydrogen-bond acceptors (Lipinski definition) is 1. The maximum Gasteiger partial charge on any atom is 0.128 e. The third-order valence-corrected chi connectivity index (χ3v) is 2.12. The molecule has 2 heteroatoms. The van der Waals surface area contributed by atoms with Crippen molar-refractivity contribution in [2.45, 2.75) is 37.5 Å². The summed E-state index contributed by atoms with van der Waals surface area (Å²) < 4.78 is 12.9. The fraction of sp³-hybridized carbons (Fsp3) is 1.00. The lowest BCUT2D eigenvalue weighted by Gasteiger charge is -1.95. The molecule has 0 aromatic carbocycles. The van der Waals surface area contributed by atoms with E-state index in [4.69, 9.17) is 0 Å². The van der Waals surface area contributed by atoms with E-state index in [-0.39, 0.29) is 6.04 Å². The second-order valence-electron chi connectivity index (χ2n) is 2.97. The number of nitrogens with one attached hydrogen (secondary N) is 1. The van der Waals surface area contributed by atoms with Gasteiger partial charge in [-0.15, -0.1) is 0 Å². The SMILES string of the molecule is CC1NC1C1(F)CC1. The van der Waals surface area contributed by atoms with Crippen LogP contribution in [-0.2, 0) is 0 Å². The van der Waals surface area contributed by atoms with Crippen LogP contribution in [0.2, 0.25) is 0 Å². The zero-order chi connectivity index (χ0) is 5.78. The minimum atomic E-state index is -0.778. The minimum Gasteiger partial charge on any atom is -0.305 e. The molecule has 1 nitrogen and oxygen atoms in total. The van der Waals surface area contributed by atoms with Gasteiger partial charge in [0.1, 0.15) is 5.67 Å². The quantitative estimate of drug-likeness (QED) is 0.503. The van der Waals surface area contributed by atoms with Gasteiger partial charge in [0.05, 0.1) is 6.04 Å². The summed E-state index contributed by atoms with van der Waals surface area (Å²) in [6, 6.07) is 0.657. The van der Waals surface area contributed by atoms with Crippen molar-refractivity contribution >= 4 is 0 Å². The molecule has 1 heterocycles. The van der Waals surface area contributed by atoms with E-state index in [1.54, 1.807) is 0 Å². The van der Waals surface area contributed by atoms with Crippen molar-refractivity contribution in [3.05, 3.63) is 0 Å². The average molecular weight is 115 g/mol. The van der Waals surface area contributed by atoms with Crippen molar-refractivity contribution in [1.29, 1.82) is 0 Å². The molecule has 1 N–H and O–H groups in total. The van der Waals surface area contributed by atoms with Crippen molar-refractivity contribution in [2.75, 3.05) is 0 Å². The van der Waals surface area contributed by atoms with E-state index >= 15 is 0 Å². The third kappa shape index (κ3) is 0.494. The molecule has 0 aromatic heterocycles. The molecule has 1 aliphatic carbocycles. The van der Waals surface area contributed by atoms with Crippen LogP contribution in [0.4, 0.5) is 4.39 Å². The summed E-state index contributed by atoms with van der Waals surface area (Å²) in [7, 11) is 0. The van der Waals surface area contributed by atoms with Crippen LogP contribution in [0.3, 0.4) is 0 Å². The van der Waals surface area contributed by atoms with Crippen LogP contribution in [-0.4, -0.2) is 17.8 Å². The molecular formula is C6H10FN. The fourth-order valence-corrected chi connectivity index (χ4v) is 1.26. The topological polar surface area (TPSA) is 21.9 Å². The average Bonchev–Trinajstić information content (AvgIpc) is 2.47. The van der Waals surface area contributed by atoms with Gasteiger partial charge < -0.3 is 5.32 Å². The van der Waals surface area contributed by atoms with Crippen molar-refractivity contribution < 1.29 is 4.39 Å². The van der Waals surface area contributed by atoms with E-state index in [0.29, 0.717) is 6.04 Å². The lowest BCUT2D eigenvalue weighted by Crippen LogP contribution is -2.12. The van der Waals surface area contributed by atoms with Crippen molar-refractivity contribution in [1.82, 2.24) is 5.32 Å². The molecule has 0 radical (unpaired) electrons. The maximum atomic E-state index is 12.9. The van der Waals surface area contributed by atoms with Crippen molar-refractivity contribution in [2.24, 2.45) is 0 Å². The van der Waals surface area contributed by atoms with Gasteiger partial charge in [-0.3, -0.25) is 0 Å². The molecule has 0 bridgehead atoms. The summed E-state index contributed by atoms with van der Waals surface area (Å²) in [6.07, 6.45) is 1.57. The van der Waals surface area contributed by atoms with Gasteiger partial charge in [-0.1, -0.05) is 0 Å². The van der Waals surface area contributed by atoms with Crippen LogP contribution in [0.1, 0.15) is 19.8 Å². The highest BCUT2D eigenvalue weighted by molar-refractivity contribution is 5.16. The minimum absolute atomic E-state index is 0.211. The Bertz CT molecular complexity index is 120. The highest BCUT2D eigenvalue weighted by Crippen LogP contribution is 2.47. The van der Waals surface area contributed by atoms with E-state index < -0.39 is 5.67 Å². The molecule has 2 rings (SSSR count). The summed E-state index contributed by atoms with van der Waals surface area (Å²) >= 11 is 0. The van der Waals surface area contributed by atoms with Crippen LogP contribution < -0.4 is 5.32 Å². The van der Waals surface area contributed by atoms with Gasteiger partial charge in [0.2, 0.25) is 0 Å². The Balaban J connectivity index is 1.99. The van der Waals surface area contributed by atoms with Gasteiger partial charge in [-0.05, 0) is 19.8 Å². The summed E-state index contributed by atoms with van der Waals surface area (Å²) in [5.41, 5.74) is -0.778. The van der Waals surface area contributed by atoms with Crippen molar-refractivity contribution in [3.8, 4) is 0 Å². The molecule has 46 valence electrons. The van der Waals surface area contributed by atoms with Crippen LogP contribution in [0.5, 0.6) is 0 Å². The van der Waals surface area contributed by atoms with E-state index in [2.05, 4.69) is 5.32 Å². The van der Waals surface area contributed by atoms with E-state index in [0.717, 1.165) is 12.8 Å². The Morgan fingerprint density at radius 2 is 2.12 bits per heavy atom. The maximum absolute atomic E-state index is 12.9. The summed E-state index contributed by atoms with van der Waals surface area (Å²) in [5.74, 6) is 0. The first kappa shape index (κ1) is 4.74. The van der Waals surface area contributed by atoms with E-state index in [9.17, 15) is 4.39 Å². The molecular weight excluding hydrogens is 105 g/mol. The Morgan fingerprint density at radius 1 is 1.62 bits per heavy atom. The number of alkyl halides is 1. The van der Waals surface area contributed by atoms with Crippen LogP contribution in [0, 0.1) is 0 Å². The molecule has 1 aliphatic heterocycles. The zero-order valence-corrected chi connectivity index (χ0v) is 4.95. The lowest BCUT2D eigenvalue weighted by atomic mass is 10.2. The first-order valence-corrected chi connectivity index (χ1v) is 3.17. The first-order valence-electron chi connectivity index (χ1n) is 3.17. The van der Waals surface area contributed by atoms with Gasteiger partial charge in [-0.25, -0.2) is 4.39 Å². The third-order valence-electron chi connectivity index (χ3n) is 2.12. The van der Waals surface area contributed by atoms with Gasteiger partial charge in [0.15, 0.2) is 0 Å². The molecule has 2 atom stereocenters. The molecule has 2 unspecified atom stereocenters. The Kier molecular flexibility index (Phi) is 0.639. The van der Waals surface area contributed by atoms with E-state index in [1.807, 2.05) is 6.92 Å². The predicted molar refractivity (Wildman–Crippen MR) is 29.5 cm³/mol. The largest absolute Gasteiger partial charge is 0.305 e. The Hall–Kier alpha value is -0.110. The normalized spacial score (nSPS) is 48.8. The smallest absolute Gasteiger partial charge is 0.128 e. The molecule has 1 saturated carbocycles. The molecule has 0 aromatic rings. The fourth-order valence-electron chi connectivity index (χ4n) is 1.26. The van der Waals surface area contributed by atoms with Gasteiger partial charge >= 0.3 is 0 Å². The summed E-state index contributed by atoms with van der Waals surface area (Å²) in [4.78, 5) is 0. The monoisotopic (exact) mass is 115 g/mol. The Morgan fingerprint density at radius 3 is 2.25 bits per heavy atom. The lowest BCUT2D eigenvalue weighted by molar-refractivity contribution is 0.300. The number of hydrogen-bond donors (Lipinski definition) is 1. The highest BCUT2D eigenvalue weighted by atomic mass is 19.1. The summed E-state index contributed by atoms with van der Waals surface area (Å²) in [6.45, 7) is 2.03.